The van der Waals surface area contributed by atoms with E-state index >= 15 is 0 Å². The van der Waals surface area contributed by atoms with E-state index < -0.39 is 0 Å². The van der Waals surface area contributed by atoms with Crippen molar-refractivity contribution >= 4 is 6.02 Å². The number of hydrogen-bond donors (Lipinski definition) is 1. The summed E-state index contributed by atoms with van der Waals surface area (Å²) in [5.74, 6) is 0.683. The summed E-state index contributed by atoms with van der Waals surface area (Å²) < 4.78 is 5.25. The van der Waals surface area contributed by atoms with Crippen LogP contribution in [0.1, 0.15) is 39.0 Å². The molecular weight excluding hydrogens is 164 g/mol. The van der Waals surface area contributed by atoms with Gasteiger partial charge in [-0.15, -0.1) is 0 Å². The van der Waals surface area contributed by atoms with Gasteiger partial charge < -0.3 is 10.5 Å². The minimum absolute atomic E-state index is 0.0233. The van der Waals surface area contributed by atoms with Crippen molar-refractivity contribution in [2.45, 2.75) is 44.6 Å². The molecule has 2 rings (SSSR count). The van der Waals surface area contributed by atoms with Gasteiger partial charge in [0, 0.05) is 0 Å². The maximum absolute atomic E-state index is 5.54. The Bertz CT molecular complexity index is 221. The molecule has 1 atom stereocenters. The van der Waals surface area contributed by atoms with E-state index in [1.807, 2.05) is 0 Å². The van der Waals surface area contributed by atoms with Crippen LogP contribution in [-0.4, -0.2) is 18.2 Å². The van der Waals surface area contributed by atoms with Crippen LogP contribution in [0.5, 0.6) is 0 Å². The molecule has 1 saturated carbocycles. The highest BCUT2D eigenvalue weighted by Crippen LogP contribution is 2.37. The molecule has 0 bridgehead atoms. The predicted octanol–water partition coefficient (Wildman–Crippen LogP) is 1.67. The van der Waals surface area contributed by atoms with Crippen molar-refractivity contribution in [2.75, 3.05) is 6.61 Å². The fraction of sp³-hybridized carbons (Fsp3) is 0.900. The van der Waals surface area contributed by atoms with Crippen molar-refractivity contribution in [3.63, 3.8) is 0 Å². The number of amidine groups is 1. The Hall–Kier alpha value is -0.730. The third-order valence-corrected chi connectivity index (χ3v) is 3.36. The van der Waals surface area contributed by atoms with Crippen LogP contribution in [0.15, 0.2) is 4.99 Å². The number of rotatable bonds is 1. The molecule has 74 valence electrons. The van der Waals surface area contributed by atoms with Gasteiger partial charge in [0.1, 0.15) is 12.1 Å². The second kappa shape index (κ2) is 3.20. The van der Waals surface area contributed by atoms with Gasteiger partial charge in [-0.2, -0.15) is 0 Å². The van der Waals surface area contributed by atoms with Crippen molar-refractivity contribution in [1.82, 2.24) is 0 Å². The van der Waals surface area contributed by atoms with Gasteiger partial charge in [-0.1, -0.05) is 19.3 Å². The van der Waals surface area contributed by atoms with Gasteiger partial charge in [0.25, 0.3) is 6.02 Å². The Morgan fingerprint density at radius 1 is 1.38 bits per heavy atom. The lowest BCUT2D eigenvalue weighted by atomic mass is 9.76. The van der Waals surface area contributed by atoms with Crippen LogP contribution in [0.25, 0.3) is 0 Å². The van der Waals surface area contributed by atoms with Crippen LogP contribution in [0.4, 0.5) is 0 Å². The summed E-state index contributed by atoms with van der Waals surface area (Å²) in [6.45, 7) is 2.85. The zero-order chi connectivity index (χ0) is 9.31. The molecule has 1 aliphatic heterocycles. The first-order valence-electron chi connectivity index (χ1n) is 5.19. The smallest absolute Gasteiger partial charge is 0.282 e. The third kappa shape index (κ3) is 1.64. The third-order valence-electron chi connectivity index (χ3n) is 3.36. The van der Waals surface area contributed by atoms with Gasteiger partial charge in [-0.25, -0.2) is 4.99 Å². The fourth-order valence-corrected chi connectivity index (χ4v) is 2.47. The molecule has 0 saturated heterocycles. The molecule has 0 aromatic carbocycles. The molecule has 13 heavy (non-hydrogen) atoms. The molecule has 2 aliphatic rings. The Morgan fingerprint density at radius 3 is 2.62 bits per heavy atom. The first-order chi connectivity index (χ1) is 6.21. The highest BCUT2D eigenvalue weighted by Gasteiger charge is 2.39. The van der Waals surface area contributed by atoms with Gasteiger partial charge >= 0.3 is 0 Å². The molecule has 0 radical (unpaired) electrons. The minimum atomic E-state index is -0.0233. The Morgan fingerprint density at radius 2 is 2.08 bits per heavy atom. The summed E-state index contributed by atoms with van der Waals surface area (Å²) >= 11 is 0. The molecule has 1 unspecified atom stereocenters. The van der Waals surface area contributed by atoms with Crippen molar-refractivity contribution in [3.8, 4) is 0 Å². The summed E-state index contributed by atoms with van der Waals surface area (Å²) in [6.07, 6.45) is 6.64. The van der Waals surface area contributed by atoms with Crippen LogP contribution < -0.4 is 5.73 Å². The number of hydrogen-bond acceptors (Lipinski definition) is 3. The largest absolute Gasteiger partial charge is 0.463 e. The first kappa shape index (κ1) is 8.85. The lowest BCUT2D eigenvalue weighted by Crippen LogP contribution is -2.35. The summed E-state index contributed by atoms with van der Waals surface area (Å²) in [5.41, 5.74) is 5.52. The van der Waals surface area contributed by atoms with E-state index in [0.29, 0.717) is 18.5 Å². The molecule has 2 N–H and O–H groups in total. The summed E-state index contributed by atoms with van der Waals surface area (Å²) in [7, 11) is 0. The zero-order valence-electron chi connectivity index (χ0n) is 8.25. The standard InChI is InChI=1S/C10H18N2O/c1-10(7-13-9(11)12-10)8-5-3-2-4-6-8/h8H,2-7H2,1H3,(H2,11,12). The van der Waals surface area contributed by atoms with E-state index in [4.69, 9.17) is 10.5 Å². The number of ether oxygens (including phenoxy) is 1. The molecule has 1 aliphatic carbocycles. The molecular formula is C10H18N2O. The minimum Gasteiger partial charge on any atom is -0.463 e. The van der Waals surface area contributed by atoms with Gasteiger partial charge in [0.15, 0.2) is 0 Å². The average molecular weight is 182 g/mol. The molecule has 1 heterocycles. The van der Waals surface area contributed by atoms with Gasteiger partial charge in [-0.3, -0.25) is 0 Å². The summed E-state index contributed by atoms with van der Waals surface area (Å²) in [6, 6.07) is 0.382. The fourth-order valence-electron chi connectivity index (χ4n) is 2.47. The number of aliphatic imine (C=N–C) groups is 1. The topological polar surface area (TPSA) is 47.6 Å². The van der Waals surface area contributed by atoms with Crippen LogP contribution in [-0.2, 0) is 4.74 Å². The summed E-state index contributed by atoms with van der Waals surface area (Å²) in [4.78, 5) is 4.42. The van der Waals surface area contributed by atoms with Crippen LogP contribution in [0, 0.1) is 5.92 Å². The molecule has 0 amide bonds. The van der Waals surface area contributed by atoms with E-state index in [2.05, 4.69) is 11.9 Å². The van der Waals surface area contributed by atoms with E-state index in [0.717, 1.165) is 0 Å². The summed E-state index contributed by atoms with van der Waals surface area (Å²) in [5, 5.41) is 0. The van der Waals surface area contributed by atoms with Crippen LogP contribution in [0.3, 0.4) is 0 Å². The van der Waals surface area contributed by atoms with Crippen molar-refractivity contribution in [3.05, 3.63) is 0 Å². The Balaban J connectivity index is 2.05. The molecule has 0 aromatic heterocycles. The van der Waals surface area contributed by atoms with Gasteiger partial charge in [0.05, 0.1) is 0 Å². The van der Waals surface area contributed by atoms with E-state index in [1.54, 1.807) is 0 Å². The SMILES string of the molecule is CC1(C2CCCCC2)COC(N)=N1. The number of nitrogens with two attached hydrogens (primary N) is 1. The second-order valence-corrected chi connectivity index (χ2v) is 4.43. The van der Waals surface area contributed by atoms with Crippen molar-refractivity contribution in [2.24, 2.45) is 16.6 Å². The molecule has 0 aromatic rings. The monoisotopic (exact) mass is 182 g/mol. The van der Waals surface area contributed by atoms with E-state index in [1.165, 1.54) is 32.1 Å². The normalized spacial score (nSPS) is 35.6. The maximum Gasteiger partial charge on any atom is 0.282 e. The molecule has 3 nitrogen and oxygen atoms in total. The molecule has 3 heteroatoms. The quantitative estimate of drug-likeness (QED) is 0.670. The first-order valence-corrected chi connectivity index (χ1v) is 5.19. The number of nitrogens with zero attached hydrogens (tertiary/aromatic N) is 1. The lowest BCUT2D eigenvalue weighted by Gasteiger charge is -2.32. The van der Waals surface area contributed by atoms with Gasteiger partial charge in [-0.05, 0) is 25.7 Å². The van der Waals surface area contributed by atoms with Crippen molar-refractivity contribution in [1.29, 1.82) is 0 Å². The maximum atomic E-state index is 5.54. The molecule has 0 spiro atoms. The lowest BCUT2D eigenvalue weighted by molar-refractivity contribution is 0.169. The highest BCUT2D eigenvalue weighted by atomic mass is 16.5. The zero-order valence-corrected chi connectivity index (χ0v) is 8.25. The van der Waals surface area contributed by atoms with Gasteiger partial charge in [0.2, 0.25) is 0 Å². The predicted molar refractivity (Wildman–Crippen MR) is 52.6 cm³/mol. The van der Waals surface area contributed by atoms with Crippen molar-refractivity contribution < 1.29 is 4.74 Å². The Labute approximate surface area is 79.4 Å². The second-order valence-electron chi connectivity index (χ2n) is 4.43. The van der Waals surface area contributed by atoms with Crippen LogP contribution >= 0.6 is 0 Å². The average Bonchev–Trinajstić information content (AvgIpc) is 2.49. The van der Waals surface area contributed by atoms with E-state index in [-0.39, 0.29) is 5.54 Å². The Kier molecular flexibility index (Phi) is 2.18. The molecule has 1 fully saturated rings. The highest BCUT2D eigenvalue weighted by molar-refractivity contribution is 5.73. The van der Waals surface area contributed by atoms with Crippen LogP contribution in [0.2, 0.25) is 0 Å². The van der Waals surface area contributed by atoms with E-state index in [9.17, 15) is 0 Å².